The Labute approximate surface area is 189 Å². The van der Waals surface area contributed by atoms with Crippen molar-refractivity contribution < 1.29 is 9.47 Å². The smallest absolute Gasteiger partial charge is 0.191 e. The summed E-state index contributed by atoms with van der Waals surface area (Å²) < 4.78 is 11.3. The van der Waals surface area contributed by atoms with Crippen molar-refractivity contribution in [3.63, 3.8) is 0 Å². The number of morpholine rings is 1. The number of aryl methyl sites for hydroxylation is 1. The first-order chi connectivity index (χ1) is 15.3. The van der Waals surface area contributed by atoms with Gasteiger partial charge in [0.05, 0.1) is 24.8 Å². The van der Waals surface area contributed by atoms with Crippen molar-refractivity contribution in [2.45, 2.75) is 33.2 Å². The summed E-state index contributed by atoms with van der Waals surface area (Å²) in [6, 6.07) is 8.20. The highest BCUT2D eigenvalue weighted by Crippen LogP contribution is 2.15. The molecule has 8 heteroatoms. The molecule has 0 aliphatic carbocycles. The number of thiazole rings is 1. The topological polar surface area (TPSA) is 71.0 Å². The molecule has 31 heavy (non-hydrogen) atoms. The molecule has 0 unspecified atom stereocenters. The average molecular weight is 446 g/mol. The predicted octanol–water partition coefficient (Wildman–Crippen LogP) is 2.71. The van der Waals surface area contributed by atoms with Crippen molar-refractivity contribution in [3.05, 3.63) is 45.9 Å². The van der Waals surface area contributed by atoms with Gasteiger partial charge in [-0.2, -0.15) is 0 Å². The largest absolute Gasteiger partial charge is 0.492 e. The number of aliphatic imine (C=N–C) groups is 1. The molecular weight excluding hydrogens is 410 g/mol. The van der Waals surface area contributed by atoms with E-state index in [4.69, 9.17) is 14.5 Å². The van der Waals surface area contributed by atoms with Crippen molar-refractivity contribution in [3.8, 4) is 5.75 Å². The van der Waals surface area contributed by atoms with Gasteiger partial charge in [0.2, 0.25) is 0 Å². The minimum absolute atomic E-state index is 0.604. The summed E-state index contributed by atoms with van der Waals surface area (Å²) in [6.07, 6.45) is 3.93. The number of benzene rings is 1. The van der Waals surface area contributed by atoms with Crippen LogP contribution in [-0.2, 0) is 24.1 Å². The summed E-state index contributed by atoms with van der Waals surface area (Å²) in [7, 11) is 0. The third-order valence-electron chi connectivity index (χ3n) is 5.02. The second-order valence-corrected chi connectivity index (χ2v) is 8.60. The lowest BCUT2D eigenvalue weighted by atomic mass is 10.2. The highest BCUT2D eigenvalue weighted by molar-refractivity contribution is 7.11. The van der Waals surface area contributed by atoms with Crippen molar-refractivity contribution in [2.75, 3.05) is 52.5 Å². The zero-order chi connectivity index (χ0) is 21.7. The van der Waals surface area contributed by atoms with E-state index >= 15 is 0 Å². The molecule has 0 amide bonds. The Balaban J connectivity index is 1.44. The maximum absolute atomic E-state index is 5.96. The molecule has 0 atom stereocenters. The molecule has 2 heterocycles. The van der Waals surface area contributed by atoms with Gasteiger partial charge < -0.3 is 20.1 Å². The number of ether oxygens (including phenoxy) is 2. The van der Waals surface area contributed by atoms with E-state index in [2.05, 4.69) is 46.5 Å². The molecule has 0 radical (unpaired) electrons. The van der Waals surface area contributed by atoms with Gasteiger partial charge in [0.1, 0.15) is 12.4 Å². The van der Waals surface area contributed by atoms with Gasteiger partial charge in [-0.05, 0) is 31.0 Å². The Morgan fingerprint density at radius 1 is 1.26 bits per heavy atom. The van der Waals surface area contributed by atoms with Gasteiger partial charge in [-0.3, -0.25) is 4.90 Å². The first-order valence-corrected chi connectivity index (χ1v) is 12.1. The van der Waals surface area contributed by atoms with Crippen molar-refractivity contribution in [1.29, 1.82) is 0 Å². The first-order valence-electron chi connectivity index (χ1n) is 11.2. The van der Waals surface area contributed by atoms with Crippen molar-refractivity contribution in [1.82, 2.24) is 20.5 Å². The van der Waals surface area contributed by atoms with Crippen LogP contribution in [-0.4, -0.2) is 68.4 Å². The van der Waals surface area contributed by atoms with Crippen LogP contribution in [0.3, 0.4) is 0 Å². The van der Waals surface area contributed by atoms with E-state index in [1.165, 1.54) is 9.88 Å². The number of guanidine groups is 1. The molecule has 2 N–H and O–H groups in total. The van der Waals surface area contributed by atoms with Gasteiger partial charge in [0, 0.05) is 50.2 Å². The number of hydrogen-bond acceptors (Lipinski definition) is 6. The fourth-order valence-corrected chi connectivity index (χ4v) is 4.14. The number of aromatic nitrogens is 1. The SMILES string of the molecule is CCNC(=NCc1cccc(OCCN2CCOCC2)c1)NCCc1ncc(CC)s1. The Morgan fingerprint density at radius 3 is 2.90 bits per heavy atom. The fourth-order valence-electron chi connectivity index (χ4n) is 3.28. The predicted molar refractivity (Wildman–Crippen MR) is 127 cm³/mol. The molecule has 0 spiro atoms. The Morgan fingerprint density at radius 2 is 2.13 bits per heavy atom. The standard InChI is InChI=1S/C23H35N5O2S/c1-3-21-18-26-22(31-21)8-9-25-23(24-4-2)27-17-19-6-5-7-20(16-19)30-15-12-28-10-13-29-14-11-28/h5-7,16,18H,3-4,8-15,17H2,1-2H3,(H2,24,25,27). The molecule has 1 aliphatic rings. The van der Waals surface area contributed by atoms with E-state index in [1.807, 2.05) is 18.3 Å². The van der Waals surface area contributed by atoms with Gasteiger partial charge in [-0.15, -0.1) is 11.3 Å². The molecule has 0 bridgehead atoms. The third-order valence-corrected chi connectivity index (χ3v) is 6.23. The Kier molecular flexibility index (Phi) is 10.1. The Hall–Kier alpha value is -2.16. The zero-order valence-electron chi connectivity index (χ0n) is 18.7. The minimum Gasteiger partial charge on any atom is -0.492 e. The number of nitrogens with one attached hydrogen (secondary N) is 2. The van der Waals surface area contributed by atoms with Crippen LogP contribution in [0.5, 0.6) is 5.75 Å². The van der Waals surface area contributed by atoms with Crippen molar-refractivity contribution in [2.24, 2.45) is 4.99 Å². The van der Waals surface area contributed by atoms with Crippen LogP contribution in [0, 0.1) is 0 Å². The highest BCUT2D eigenvalue weighted by atomic mass is 32.1. The van der Waals surface area contributed by atoms with Crippen LogP contribution in [0.1, 0.15) is 29.3 Å². The van der Waals surface area contributed by atoms with Gasteiger partial charge in [0.15, 0.2) is 5.96 Å². The molecule has 3 rings (SSSR count). The molecule has 1 saturated heterocycles. The summed E-state index contributed by atoms with van der Waals surface area (Å²) >= 11 is 1.79. The zero-order valence-corrected chi connectivity index (χ0v) is 19.5. The minimum atomic E-state index is 0.604. The van der Waals surface area contributed by atoms with Crippen molar-refractivity contribution >= 4 is 17.3 Å². The summed E-state index contributed by atoms with van der Waals surface area (Å²) in [5.74, 6) is 1.72. The molecular formula is C23H35N5O2S. The molecule has 170 valence electrons. The molecule has 1 fully saturated rings. The van der Waals surface area contributed by atoms with E-state index in [9.17, 15) is 0 Å². The Bertz CT molecular complexity index is 805. The van der Waals surface area contributed by atoms with Crippen LogP contribution in [0.25, 0.3) is 0 Å². The summed E-state index contributed by atoms with van der Waals surface area (Å²) in [5, 5.41) is 7.89. The number of rotatable bonds is 11. The second-order valence-electron chi connectivity index (χ2n) is 7.40. The van der Waals surface area contributed by atoms with Crippen LogP contribution in [0.15, 0.2) is 35.5 Å². The normalized spacial score (nSPS) is 15.1. The van der Waals surface area contributed by atoms with Crippen LogP contribution in [0.4, 0.5) is 0 Å². The molecule has 7 nitrogen and oxygen atoms in total. The lowest BCUT2D eigenvalue weighted by molar-refractivity contribution is 0.0322. The second kappa shape index (κ2) is 13.3. The highest BCUT2D eigenvalue weighted by Gasteiger charge is 2.09. The summed E-state index contributed by atoms with van der Waals surface area (Å²) in [5.41, 5.74) is 1.13. The van der Waals surface area contributed by atoms with Crippen LogP contribution >= 0.6 is 11.3 Å². The quantitative estimate of drug-likeness (QED) is 0.409. The van der Waals surface area contributed by atoms with E-state index in [0.717, 1.165) is 76.1 Å². The van der Waals surface area contributed by atoms with E-state index in [1.54, 1.807) is 11.3 Å². The lowest BCUT2D eigenvalue weighted by Crippen LogP contribution is -2.38. The lowest BCUT2D eigenvalue weighted by Gasteiger charge is -2.26. The number of hydrogen-bond donors (Lipinski definition) is 2. The summed E-state index contributed by atoms with van der Waals surface area (Å²) in [6.45, 7) is 11.7. The van der Waals surface area contributed by atoms with Gasteiger partial charge in [-0.1, -0.05) is 19.1 Å². The fraction of sp³-hybridized carbons (Fsp3) is 0.565. The van der Waals surface area contributed by atoms with E-state index < -0.39 is 0 Å². The van der Waals surface area contributed by atoms with Gasteiger partial charge >= 0.3 is 0 Å². The third kappa shape index (κ3) is 8.47. The molecule has 1 aliphatic heterocycles. The monoisotopic (exact) mass is 445 g/mol. The van der Waals surface area contributed by atoms with E-state index in [-0.39, 0.29) is 0 Å². The van der Waals surface area contributed by atoms with Crippen LogP contribution in [0.2, 0.25) is 0 Å². The molecule has 0 saturated carbocycles. The van der Waals surface area contributed by atoms with E-state index in [0.29, 0.717) is 13.2 Å². The van der Waals surface area contributed by atoms with Crippen LogP contribution < -0.4 is 15.4 Å². The average Bonchev–Trinajstić information content (AvgIpc) is 3.26. The molecule has 1 aromatic heterocycles. The van der Waals surface area contributed by atoms with Gasteiger partial charge in [-0.25, -0.2) is 9.98 Å². The molecule has 2 aromatic rings. The van der Waals surface area contributed by atoms with Gasteiger partial charge in [0.25, 0.3) is 0 Å². The number of nitrogens with zero attached hydrogens (tertiary/aromatic N) is 3. The first kappa shape index (κ1) is 23.5. The maximum atomic E-state index is 5.96. The maximum Gasteiger partial charge on any atom is 0.191 e. The molecule has 1 aromatic carbocycles. The summed E-state index contributed by atoms with van der Waals surface area (Å²) in [4.78, 5) is 12.9.